The molecule has 1 saturated carbocycles. The number of aromatic nitrogens is 3. The molecule has 0 unspecified atom stereocenters. The zero-order valence-electron chi connectivity index (χ0n) is 9.58. The summed E-state index contributed by atoms with van der Waals surface area (Å²) < 4.78 is 0. The van der Waals surface area contributed by atoms with Gasteiger partial charge in [-0.25, -0.2) is 4.98 Å². The molecule has 84 valence electrons. The largest absolute Gasteiger partial charge is 0.329 e. The molecule has 3 N–H and O–H groups in total. The molecule has 2 rings (SSSR count). The molecule has 0 radical (unpaired) electrons. The fourth-order valence-corrected chi connectivity index (χ4v) is 2.34. The maximum absolute atomic E-state index is 5.89. The zero-order valence-corrected chi connectivity index (χ0v) is 9.58. The molecule has 1 aliphatic carbocycles. The van der Waals surface area contributed by atoms with Crippen molar-refractivity contribution in [3.05, 3.63) is 11.6 Å². The maximum Gasteiger partial charge on any atom is 0.158 e. The molecule has 0 atom stereocenters. The number of nitrogens with zero attached hydrogens (tertiary/aromatic N) is 2. The van der Waals surface area contributed by atoms with Gasteiger partial charge >= 0.3 is 0 Å². The Hall–Kier alpha value is -0.900. The van der Waals surface area contributed by atoms with Crippen LogP contribution in [0.25, 0.3) is 0 Å². The normalized spacial score (nSPS) is 20.0. The van der Waals surface area contributed by atoms with Crippen LogP contribution in [0.5, 0.6) is 0 Å². The molecular weight excluding hydrogens is 188 g/mol. The van der Waals surface area contributed by atoms with Gasteiger partial charge in [0.1, 0.15) is 5.82 Å². The molecule has 0 spiro atoms. The van der Waals surface area contributed by atoms with Crippen molar-refractivity contribution in [2.24, 2.45) is 5.73 Å². The summed E-state index contributed by atoms with van der Waals surface area (Å²) in [7, 11) is 0. The Labute approximate surface area is 90.7 Å². The minimum Gasteiger partial charge on any atom is -0.329 e. The zero-order chi connectivity index (χ0) is 10.9. The Morgan fingerprint density at radius 3 is 2.53 bits per heavy atom. The van der Waals surface area contributed by atoms with Crippen LogP contribution in [0.15, 0.2) is 0 Å². The lowest BCUT2D eigenvalue weighted by Gasteiger charge is -2.22. The number of H-pyrrole nitrogens is 1. The second-order valence-electron chi connectivity index (χ2n) is 4.89. The van der Waals surface area contributed by atoms with E-state index in [-0.39, 0.29) is 5.41 Å². The van der Waals surface area contributed by atoms with Gasteiger partial charge in [-0.05, 0) is 12.8 Å². The van der Waals surface area contributed by atoms with Crippen molar-refractivity contribution in [1.29, 1.82) is 0 Å². The molecule has 4 heteroatoms. The van der Waals surface area contributed by atoms with Gasteiger partial charge in [0.05, 0.1) is 0 Å². The summed E-state index contributed by atoms with van der Waals surface area (Å²) in [6, 6.07) is 0. The highest BCUT2D eigenvalue weighted by Crippen LogP contribution is 2.38. The lowest BCUT2D eigenvalue weighted by atomic mass is 9.85. The van der Waals surface area contributed by atoms with Crippen LogP contribution >= 0.6 is 0 Å². The SMILES string of the molecule is CC(C)c1nc(C2(CN)CCCC2)n[nH]1. The van der Waals surface area contributed by atoms with Crippen LogP contribution in [0.4, 0.5) is 0 Å². The summed E-state index contributed by atoms with van der Waals surface area (Å²) in [4.78, 5) is 4.59. The van der Waals surface area contributed by atoms with Gasteiger partial charge in [0.15, 0.2) is 5.82 Å². The quantitative estimate of drug-likeness (QED) is 0.794. The Bertz CT molecular complexity index is 323. The standard InChI is InChI=1S/C11H20N4/c1-8(2)9-13-10(15-14-9)11(7-12)5-3-4-6-11/h8H,3-7,12H2,1-2H3,(H,13,14,15). The second kappa shape index (κ2) is 3.93. The third-order valence-electron chi connectivity index (χ3n) is 3.48. The third kappa shape index (κ3) is 1.78. The van der Waals surface area contributed by atoms with Gasteiger partial charge in [0.2, 0.25) is 0 Å². The van der Waals surface area contributed by atoms with Gasteiger partial charge in [-0.2, -0.15) is 5.10 Å². The van der Waals surface area contributed by atoms with Crippen molar-refractivity contribution in [1.82, 2.24) is 15.2 Å². The van der Waals surface area contributed by atoms with E-state index in [1.165, 1.54) is 12.8 Å². The summed E-state index contributed by atoms with van der Waals surface area (Å²) in [5, 5.41) is 7.37. The maximum atomic E-state index is 5.89. The Morgan fingerprint density at radius 2 is 2.07 bits per heavy atom. The van der Waals surface area contributed by atoms with E-state index in [0.717, 1.165) is 24.5 Å². The summed E-state index contributed by atoms with van der Waals surface area (Å²) >= 11 is 0. The first-order valence-corrected chi connectivity index (χ1v) is 5.81. The summed E-state index contributed by atoms with van der Waals surface area (Å²) in [6.07, 6.45) is 4.78. The molecule has 1 heterocycles. The number of hydrogen-bond donors (Lipinski definition) is 2. The molecule has 1 fully saturated rings. The Morgan fingerprint density at radius 1 is 1.40 bits per heavy atom. The van der Waals surface area contributed by atoms with Crippen LogP contribution in [0.2, 0.25) is 0 Å². The van der Waals surface area contributed by atoms with Crippen molar-refractivity contribution in [2.45, 2.75) is 50.9 Å². The summed E-state index contributed by atoms with van der Waals surface area (Å²) in [5.41, 5.74) is 5.95. The lowest BCUT2D eigenvalue weighted by Crippen LogP contribution is -2.33. The fraction of sp³-hybridized carbons (Fsp3) is 0.818. The first-order valence-electron chi connectivity index (χ1n) is 5.81. The highest BCUT2D eigenvalue weighted by Gasteiger charge is 2.38. The van der Waals surface area contributed by atoms with E-state index in [1.807, 2.05) is 0 Å². The topological polar surface area (TPSA) is 67.6 Å². The van der Waals surface area contributed by atoms with Crippen LogP contribution in [-0.4, -0.2) is 21.7 Å². The van der Waals surface area contributed by atoms with Gasteiger partial charge in [-0.1, -0.05) is 26.7 Å². The van der Waals surface area contributed by atoms with Crippen LogP contribution < -0.4 is 5.73 Å². The molecule has 0 bridgehead atoms. The summed E-state index contributed by atoms with van der Waals surface area (Å²) in [6.45, 7) is 4.91. The van der Waals surface area contributed by atoms with E-state index in [9.17, 15) is 0 Å². The van der Waals surface area contributed by atoms with Crippen molar-refractivity contribution in [2.75, 3.05) is 6.54 Å². The minimum absolute atomic E-state index is 0.0592. The number of aromatic amines is 1. The molecule has 1 aromatic heterocycles. The summed E-state index contributed by atoms with van der Waals surface area (Å²) in [5.74, 6) is 2.32. The van der Waals surface area contributed by atoms with Gasteiger partial charge in [-0.3, -0.25) is 5.10 Å². The van der Waals surface area contributed by atoms with Crippen molar-refractivity contribution < 1.29 is 0 Å². The highest BCUT2D eigenvalue weighted by molar-refractivity contribution is 5.12. The monoisotopic (exact) mass is 208 g/mol. The Balaban J connectivity index is 2.27. The van der Waals surface area contributed by atoms with Crippen molar-refractivity contribution in [3.63, 3.8) is 0 Å². The Kier molecular flexibility index (Phi) is 2.78. The molecule has 15 heavy (non-hydrogen) atoms. The highest BCUT2D eigenvalue weighted by atomic mass is 15.2. The van der Waals surface area contributed by atoms with Crippen molar-refractivity contribution in [3.8, 4) is 0 Å². The molecular formula is C11H20N4. The molecule has 0 amide bonds. The average molecular weight is 208 g/mol. The molecule has 4 nitrogen and oxygen atoms in total. The second-order valence-corrected chi connectivity index (χ2v) is 4.89. The van der Waals surface area contributed by atoms with E-state index in [1.54, 1.807) is 0 Å². The van der Waals surface area contributed by atoms with Gasteiger partial charge in [0, 0.05) is 17.9 Å². The van der Waals surface area contributed by atoms with E-state index < -0.39 is 0 Å². The van der Waals surface area contributed by atoms with Crippen LogP contribution in [-0.2, 0) is 5.41 Å². The minimum atomic E-state index is 0.0592. The molecule has 1 aromatic rings. The predicted octanol–water partition coefficient (Wildman–Crippen LogP) is 1.70. The van der Waals surface area contributed by atoms with Crippen LogP contribution in [0, 0.1) is 0 Å². The van der Waals surface area contributed by atoms with Crippen molar-refractivity contribution >= 4 is 0 Å². The molecule has 0 aliphatic heterocycles. The molecule has 0 aromatic carbocycles. The van der Waals surface area contributed by atoms with Gasteiger partial charge in [0.25, 0.3) is 0 Å². The number of nitrogens with one attached hydrogen (secondary N) is 1. The fourth-order valence-electron chi connectivity index (χ4n) is 2.34. The van der Waals surface area contributed by atoms with E-state index in [0.29, 0.717) is 12.5 Å². The smallest absolute Gasteiger partial charge is 0.158 e. The number of hydrogen-bond acceptors (Lipinski definition) is 3. The first kappa shape index (κ1) is 10.6. The molecule has 1 aliphatic rings. The van der Waals surface area contributed by atoms with E-state index in [4.69, 9.17) is 5.73 Å². The first-order chi connectivity index (χ1) is 7.18. The third-order valence-corrected chi connectivity index (χ3v) is 3.48. The van der Waals surface area contributed by atoms with E-state index >= 15 is 0 Å². The van der Waals surface area contributed by atoms with Gasteiger partial charge < -0.3 is 5.73 Å². The number of nitrogens with two attached hydrogens (primary N) is 1. The predicted molar refractivity (Wildman–Crippen MR) is 59.7 cm³/mol. The molecule has 0 saturated heterocycles. The number of rotatable bonds is 3. The van der Waals surface area contributed by atoms with Crippen LogP contribution in [0.3, 0.4) is 0 Å². The average Bonchev–Trinajstić information content (AvgIpc) is 2.87. The van der Waals surface area contributed by atoms with Gasteiger partial charge in [-0.15, -0.1) is 0 Å². The van der Waals surface area contributed by atoms with Crippen LogP contribution in [0.1, 0.15) is 57.1 Å². The van der Waals surface area contributed by atoms with E-state index in [2.05, 4.69) is 29.0 Å². The lowest BCUT2D eigenvalue weighted by molar-refractivity contribution is 0.426.